The van der Waals surface area contributed by atoms with Crippen molar-refractivity contribution in [3.63, 3.8) is 0 Å². The van der Waals surface area contributed by atoms with Crippen LogP contribution in [0.3, 0.4) is 0 Å². The van der Waals surface area contributed by atoms with Gasteiger partial charge in [0.05, 0.1) is 6.10 Å². The van der Waals surface area contributed by atoms with Gasteiger partial charge in [-0.25, -0.2) is 9.18 Å². The van der Waals surface area contributed by atoms with E-state index in [1.54, 1.807) is 27.0 Å². The molecule has 0 aliphatic heterocycles. The Hall–Kier alpha value is -1.62. The molecule has 1 aromatic rings. The van der Waals surface area contributed by atoms with Gasteiger partial charge in [0.1, 0.15) is 5.82 Å². The Labute approximate surface area is 106 Å². The van der Waals surface area contributed by atoms with Gasteiger partial charge in [-0.05, 0) is 38.0 Å². The topological polar surface area (TPSA) is 52.6 Å². The first-order valence-electron chi connectivity index (χ1n) is 5.86. The van der Waals surface area contributed by atoms with E-state index in [0.717, 1.165) is 5.56 Å². The van der Waals surface area contributed by atoms with Crippen molar-refractivity contribution in [1.29, 1.82) is 0 Å². The summed E-state index contributed by atoms with van der Waals surface area (Å²) >= 11 is 0. The minimum atomic E-state index is -0.448. The van der Waals surface area contributed by atoms with Gasteiger partial charge >= 0.3 is 6.03 Å². The van der Waals surface area contributed by atoms with Crippen LogP contribution < -0.4 is 5.32 Å². The van der Waals surface area contributed by atoms with E-state index in [2.05, 4.69) is 5.32 Å². The number of hydrogen-bond donors (Lipinski definition) is 2. The molecular formula is C13H19FN2O2. The molecule has 5 heteroatoms. The van der Waals surface area contributed by atoms with E-state index in [4.69, 9.17) is 5.11 Å². The Kier molecular flexibility index (Phi) is 5.09. The summed E-state index contributed by atoms with van der Waals surface area (Å²) in [6, 6.07) is 3.93. The molecule has 4 nitrogen and oxygen atoms in total. The van der Waals surface area contributed by atoms with Crippen molar-refractivity contribution in [3.05, 3.63) is 29.6 Å². The van der Waals surface area contributed by atoms with Gasteiger partial charge in [0, 0.05) is 19.3 Å². The third-order valence-electron chi connectivity index (χ3n) is 2.67. The molecule has 0 aliphatic carbocycles. The summed E-state index contributed by atoms with van der Waals surface area (Å²) in [4.78, 5) is 13.3. The smallest absolute Gasteiger partial charge is 0.321 e. The zero-order chi connectivity index (χ0) is 13.7. The molecule has 1 unspecified atom stereocenters. The summed E-state index contributed by atoms with van der Waals surface area (Å²) in [7, 11) is 1.63. The lowest BCUT2D eigenvalue weighted by Gasteiger charge is -2.19. The first-order chi connectivity index (χ1) is 8.40. The molecule has 1 aromatic carbocycles. The highest BCUT2D eigenvalue weighted by atomic mass is 19.1. The maximum atomic E-state index is 13.1. The summed E-state index contributed by atoms with van der Waals surface area (Å²) in [6.07, 6.45) is 0.0580. The van der Waals surface area contributed by atoms with Crippen LogP contribution >= 0.6 is 0 Å². The van der Waals surface area contributed by atoms with E-state index < -0.39 is 6.10 Å². The molecule has 0 aliphatic rings. The number of amides is 2. The van der Waals surface area contributed by atoms with Crippen LogP contribution in [0.15, 0.2) is 18.2 Å². The third kappa shape index (κ3) is 4.33. The van der Waals surface area contributed by atoms with Crippen molar-refractivity contribution >= 4 is 11.7 Å². The third-order valence-corrected chi connectivity index (χ3v) is 2.67. The molecule has 0 bridgehead atoms. The van der Waals surface area contributed by atoms with Crippen LogP contribution in [0, 0.1) is 12.7 Å². The largest absolute Gasteiger partial charge is 0.393 e. The van der Waals surface area contributed by atoms with Crippen LogP contribution in [0.4, 0.5) is 14.9 Å². The maximum absolute atomic E-state index is 13.1. The SMILES string of the molecule is Cc1ccc(F)cc1NC(=O)N(C)CCC(C)O. The Balaban J connectivity index is 2.61. The summed E-state index contributed by atoms with van der Waals surface area (Å²) in [6.45, 7) is 3.91. The van der Waals surface area contributed by atoms with Gasteiger partial charge in [0.15, 0.2) is 0 Å². The minimum Gasteiger partial charge on any atom is -0.393 e. The Morgan fingerprint density at radius 3 is 2.83 bits per heavy atom. The van der Waals surface area contributed by atoms with Gasteiger partial charge in [-0.2, -0.15) is 0 Å². The number of anilines is 1. The van der Waals surface area contributed by atoms with E-state index in [-0.39, 0.29) is 11.8 Å². The van der Waals surface area contributed by atoms with Gasteiger partial charge in [0.2, 0.25) is 0 Å². The summed E-state index contributed by atoms with van der Waals surface area (Å²) in [5, 5.41) is 11.8. The predicted molar refractivity (Wildman–Crippen MR) is 69.1 cm³/mol. The van der Waals surface area contributed by atoms with Gasteiger partial charge in [-0.3, -0.25) is 0 Å². The fourth-order valence-corrected chi connectivity index (χ4v) is 1.42. The summed E-state index contributed by atoms with van der Waals surface area (Å²) in [5.41, 5.74) is 1.26. The number of aliphatic hydroxyl groups is 1. The summed E-state index contributed by atoms with van der Waals surface area (Å²) < 4.78 is 13.1. The van der Waals surface area contributed by atoms with Crippen molar-refractivity contribution in [3.8, 4) is 0 Å². The van der Waals surface area contributed by atoms with Crippen LogP contribution in [-0.2, 0) is 0 Å². The predicted octanol–water partition coefficient (Wildman–Crippen LogP) is 2.37. The van der Waals surface area contributed by atoms with Gasteiger partial charge in [-0.15, -0.1) is 0 Å². The van der Waals surface area contributed by atoms with E-state index in [9.17, 15) is 9.18 Å². The number of carbonyl (C=O) groups excluding carboxylic acids is 1. The van der Waals surface area contributed by atoms with Crippen molar-refractivity contribution in [1.82, 2.24) is 4.90 Å². The zero-order valence-corrected chi connectivity index (χ0v) is 10.9. The maximum Gasteiger partial charge on any atom is 0.321 e. The second kappa shape index (κ2) is 6.35. The molecule has 100 valence electrons. The van der Waals surface area contributed by atoms with Crippen LogP contribution in [0.2, 0.25) is 0 Å². The van der Waals surface area contributed by atoms with Crippen LogP contribution in [0.25, 0.3) is 0 Å². The molecule has 1 rings (SSSR count). The molecule has 2 N–H and O–H groups in total. The van der Waals surface area contributed by atoms with Crippen molar-refractivity contribution in [2.45, 2.75) is 26.4 Å². The first-order valence-corrected chi connectivity index (χ1v) is 5.86. The molecule has 0 radical (unpaired) electrons. The molecule has 0 heterocycles. The highest BCUT2D eigenvalue weighted by Gasteiger charge is 2.11. The number of carbonyl (C=O) groups is 1. The number of benzene rings is 1. The average Bonchev–Trinajstić information content (AvgIpc) is 2.30. The number of aliphatic hydroxyl groups excluding tert-OH is 1. The molecule has 0 spiro atoms. The lowest BCUT2D eigenvalue weighted by molar-refractivity contribution is 0.167. The molecular weight excluding hydrogens is 235 g/mol. The highest BCUT2D eigenvalue weighted by Crippen LogP contribution is 2.16. The first kappa shape index (κ1) is 14.4. The molecule has 2 amide bonds. The number of nitrogens with zero attached hydrogens (tertiary/aromatic N) is 1. The second-order valence-electron chi connectivity index (χ2n) is 4.45. The number of hydrogen-bond acceptors (Lipinski definition) is 2. The molecule has 0 fully saturated rings. The number of halogens is 1. The van der Waals surface area contributed by atoms with E-state index in [1.165, 1.54) is 17.0 Å². The van der Waals surface area contributed by atoms with Gasteiger partial charge < -0.3 is 15.3 Å². The Morgan fingerprint density at radius 2 is 2.22 bits per heavy atom. The zero-order valence-electron chi connectivity index (χ0n) is 10.9. The quantitative estimate of drug-likeness (QED) is 0.866. The van der Waals surface area contributed by atoms with E-state index in [1.807, 2.05) is 0 Å². The van der Waals surface area contributed by atoms with E-state index >= 15 is 0 Å². The van der Waals surface area contributed by atoms with E-state index in [0.29, 0.717) is 18.7 Å². The molecule has 0 saturated heterocycles. The number of nitrogens with one attached hydrogen (secondary N) is 1. The number of urea groups is 1. The summed E-state index contributed by atoms with van der Waals surface area (Å²) in [5.74, 6) is -0.387. The normalized spacial score (nSPS) is 12.1. The Bertz CT molecular complexity index is 421. The lowest BCUT2D eigenvalue weighted by atomic mass is 10.2. The minimum absolute atomic E-state index is 0.315. The van der Waals surface area contributed by atoms with Crippen molar-refractivity contribution < 1.29 is 14.3 Å². The average molecular weight is 254 g/mol. The van der Waals surface area contributed by atoms with Crippen LogP contribution in [0.1, 0.15) is 18.9 Å². The fraction of sp³-hybridized carbons (Fsp3) is 0.462. The van der Waals surface area contributed by atoms with Gasteiger partial charge in [-0.1, -0.05) is 6.07 Å². The Morgan fingerprint density at radius 1 is 1.56 bits per heavy atom. The standard InChI is InChI=1S/C13H19FN2O2/c1-9-4-5-11(14)8-12(9)15-13(18)16(3)7-6-10(2)17/h4-5,8,10,17H,6-7H2,1-3H3,(H,15,18). The van der Waals surface area contributed by atoms with Crippen molar-refractivity contribution in [2.75, 3.05) is 18.9 Å². The van der Waals surface area contributed by atoms with Gasteiger partial charge in [0.25, 0.3) is 0 Å². The molecule has 18 heavy (non-hydrogen) atoms. The van der Waals surface area contributed by atoms with Crippen LogP contribution in [0.5, 0.6) is 0 Å². The number of rotatable bonds is 4. The molecule has 0 saturated carbocycles. The van der Waals surface area contributed by atoms with Crippen molar-refractivity contribution in [2.24, 2.45) is 0 Å². The highest BCUT2D eigenvalue weighted by molar-refractivity contribution is 5.89. The van der Waals surface area contributed by atoms with Crippen LogP contribution in [-0.4, -0.2) is 35.7 Å². The second-order valence-corrected chi connectivity index (χ2v) is 4.45. The molecule has 0 aromatic heterocycles. The fourth-order valence-electron chi connectivity index (χ4n) is 1.42. The molecule has 1 atom stereocenters. The lowest BCUT2D eigenvalue weighted by Crippen LogP contribution is -2.33. The number of aryl methyl sites for hydroxylation is 1. The monoisotopic (exact) mass is 254 g/mol.